The van der Waals surface area contributed by atoms with Crippen molar-refractivity contribution in [2.24, 2.45) is 0 Å². The van der Waals surface area contributed by atoms with Gasteiger partial charge in [0.1, 0.15) is 5.76 Å². The molecular formula is C7H7NO3. The van der Waals surface area contributed by atoms with E-state index in [2.05, 4.69) is 0 Å². The molecule has 1 aromatic rings. The van der Waals surface area contributed by atoms with Crippen molar-refractivity contribution in [1.29, 1.82) is 0 Å². The van der Waals surface area contributed by atoms with Gasteiger partial charge in [-0.15, -0.1) is 0 Å². The van der Waals surface area contributed by atoms with Crippen LogP contribution < -0.4 is 0 Å². The van der Waals surface area contributed by atoms with E-state index in [0.29, 0.717) is 5.76 Å². The number of hydrogen-bond acceptors (Lipinski definition) is 3. The lowest BCUT2D eigenvalue weighted by atomic mass is 10.4. The minimum atomic E-state index is -0.403. The third-order valence-electron chi connectivity index (χ3n) is 1.08. The van der Waals surface area contributed by atoms with Crippen molar-refractivity contribution in [2.45, 2.75) is 0 Å². The van der Waals surface area contributed by atoms with Crippen LogP contribution in [-0.4, -0.2) is 11.5 Å². The lowest BCUT2D eigenvalue weighted by molar-refractivity contribution is -0.468. The van der Waals surface area contributed by atoms with Crippen LogP contribution in [0.25, 0.3) is 6.08 Å². The summed E-state index contributed by atoms with van der Waals surface area (Å²) < 4.78 is 4.91. The van der Waals surface area contributed by atoms with E-state index in [1.807, 2.05) is 0 Å². The van der Waals surface area contributed by atoms with Gasteiger partial charge in [-0.1, -0.05) is 0 Å². The Morgan fingerprint density at radius 3 is 3.09 bits per heavy atom. The van der Waals surface area contributed by atoms with Crippen molar-refractivity contribution in [3.63, 3.8) is 0 Å². The molecule has 0 amide bonds. The summed E-state index contributed by atoms with van der Waals surface area (Å²) in [5, 5.41) is 9.85. The third-order valence-corrected chi connectivity index (χ3v) is 1.08. The molecule has 0 N–H and O–H groups in total. The van der Waals surface area contributed by atoms with Gasteiger partial charge in [0, 0.05) is 4.92 Å². The Morgan fingerprint density at radius 1 is 1.73 bits per heavy atom. The van der Waals surface area contributed by atoms with Gasteiger partial charge in [-0.25, -0.2) is 0 Å². The molecular weight excluding hydrogens is 146 g/mol. The molecule has 4 nitrogen and oxygen atoms in total. The normalized spacial score (nSPS) is 10.5. The zero-order valence-corrected chi connectivity index (χ0v) is 5.77. The van der Waals surface area contributed by atoms with Crippen molar-refractivity contribution < 1.29 is 9.34 Å². The molecule has 0 aliphatic heterocycles. The van der Waals surface area contributed by atoms with Gasteiger partial charge in [0.25, 0.3) is 0 Å². The number of nitrogens with zero attached hydrogens (tertiary/aromatic N) is 1. The highest BCUT2D eigenvalue weighted by molar-refractivity contribution is 5.41. The van der Waals surface area contributed by atoms with E-state index in [9.17, 15) is 10.1 Å². The number of rotatable bonds is 3. The number of nitro groups is 1. The van der Waals surface area contributed by atoms with Crippen molar-refractivity contribution in [1.82, 2.24) is 0 Å². The zero-order chi connectivity index (χ0) is 8.10. The summed E-state index contributed by atoms with van der Waals surface area (Å²) in [5.41, 5.74) is 0. The topological polar surface area (TPSA) is 56.3 Å². The fraction of sp³-hybridized carbons (Fsp3) is 0.143. The average molecular weight is 153 g/mol. The molecule has 1 aromatic heterocycles. The monoisotopic (exact) mass is 153 g/mol. The highest BCUT2D eigenvalue weighted by Gasteiger charge is 1.90. The first kappa shape index (κ1) is 7.53. The molecule has 0 aromatic carbocycles. The summed E-state index contributed by atoms with van der Waals surface area (Å²) in [7, 11) is 0. The fourth-order valence-corrected chi connectivity index (χ4v) is 0.641. The van der Waals surface area contributed by atoms with Crippen LogP contribution in [0.2, 0.25) is 0 Å². The van der Waals surface area contributed by atoms with E-state index in [1.54, 1.807) is 18.2 Å². The minimum absolute atomic E-state index is 0.166. The molecule has 0 atom stereocenters. The van der Waals surface area contributed by atoms with E-state index < -0.39 is 4.92 Å². The van der Waals surface area contributed by atoms with Gasteiger partial charge in [0.15, 0.2) is 0 Å². The number of hydrogen-bond donors (Lipinski definition) is 0. The second-order valence-electron chi connectivity index (χ2n) is 1.93. The first-order chi connectivity index (χ1) is 5.29. The van der Waals surface area contributed by atoms with Crippen LogP contribution in [0.4, 0.5) is 0 Å². The van der Waals surface area contributed by atoms with Gasteiger partial charge >= 0.3 is 0 Å². The van der Waals surface area contributed by atoms with E-state index in [4.69, 9.17) is 4.42 Å². The van der Waals surface area contributed by atoms with Crippen molar-refractivity contribution in [3.05, 3.63) is 40.3 Å². The predicted octanol–water partition coefficient (Wildman–Crippen LogP) is 1.57. The smallest absolute Gasteiger partial charge is 0.222 e. The average Bonchev–Trinajstić information content (AvgIpc) is 2.39. The maximum Gasteiger partial charge on any atom is 0.222 e. The Balaban J connectivity index is 2.43. The predicted molar refractivity (Wildman–Crippen MR) is 39.6 cm³/mol. The molecule has 0 saturated heterocycles. The van der Waals surface area contributed by atoms with Crippen molar-refractivity contribution in [3.8, 4) is 0 Å². The van der Waals surface area contributed by atoms with Crippen molar-refractivity contribution in [2.75, 3.05) is 6.54 Å². The fourth-order valence-electron chi connectivity index (χ4n) is 0.641. The molecule has 0 spiro atoms. The highest BCUT2D eigenvalue weighted by Crippen LogP contribution is 2.01. The van der Waals surface area contributed by atoms with Crippen LogP contribution >= 0.6 is 0 Å². The summed E-state index contributed by atoms with van der Waals surface area (Å²) >= 11 is 0. The molecule has 1 rings (SSSR count). The second kappa shape index (κ2) is 3.55. The summed E-state index contributed by atoms with van der Waals surface area (Å²) in [6.45, 7) is -0.166. The van der Waals surface area contributed by atoms with Crippen LogP contribution in [0, 0.1) is 10.1 Å². The van der Waals surface area contributed by atoms with Crippen molar-refractivity contribution >= 4 is 6.08 Å². The SMILES string of the molecule is O=[N+]([O-])C/C=C/c1ccco1. The standard InChI is InChI=1S/C7H7NO3/c9-8(10)5-1-3-7-4-2-6-11-7/h1-4,6H,5H2/b3-1+. The van der Waals surface area contributed by atoms with Crippen LogP contribution in [0.1, 0.15) is 5.76 Å². The Morgan fingerprint density at radius 2 is 2.55 bits per heavy atom. The van der Waals surface area contributed by atoms with Gasteiger partial charge in [0.05, 0.1) is 6.26 Å². The minimum Gasteiger partial charge on any atom is -0.465 e. The van der Waals surface area contributed by atoms with Crippen LogP contribution in [0.5, 0.6) is 0 Å². The van der Waals surface area contributed by atoms with Gasteiger partial charge in [0.2, 0.25) is 6.54 Å². The van der Waals surface area contributed by atoms with Gasteiger partial charge in [-0.2, -0.15) is 0 Å². The lowest BCUT2D eigenvalue weighted by Crippen LogP contribution is -1.95. The molecule has 58 valence electrons. The Bertz CT molecular complexity index is 251. The molecule has 0 saturated carbocycles. The van der Waals surface area contributed by atoms with Gasteiger partial charge in [-0.05, 0) is 24.3 Å². The second-order valence-corrected chi connectivity index (χ2v) is 1.93. The lowest BCUT2D eigenvalue weighted by Gasteiger charge is -1.82. The summed E-state index contributed by atoms with van der Waals surface area (Å²) in [5.74, 6) is 0.631. The first-order valence-electron chi connectivity index (χ1n) is 3.11. The maximum absolute atomic E-state index is 9.85. The van der Waals surface area contributed by atoms with Gasteiger partial charge < -0.3 is 4.42 Å². The molecule has 4 heteroatoms. The van der Waals surface area contributed by atoms with E-state index >= 15 is 0 Å². The molecule has 0 radical (unpaired) electrons. The zero-order valence-electron chi connectivity index (χ0n) is 5.77. The molecule has 11 heavy (non-hydrogen) atoms. The summed E-state index contributed by atoms with van der Waals surface area (Å²) in [4.78, 5) is 9.45. The Kier molecular flexibility index (Phi) is 2.43. The Hall–Kier alpha value is -1.58. The molecule has 0 unspecified atom stereocenters. The molecule has 0 fully saturated rings. The van der Waals surface area contributed by atoms with Crippen LogP contribution in [0.15, 0.2) is 28.9 Å². The summed E-state index contributed by atoms with van der Waals surface area (Å²) in [6.07, 6.45) is 4.54. The van der Waals surface area contributed by atoms with Gasteiger partial charge in [-0.3, -0.25) is 10.1 Å². The maximum atomic E-state index is 9.85. The molecule has 0 aliphatic rings. The molecule has 0 bridgehead atoms. The largest absolute Gasteiger partial charge is 0.465 e. The van der Waals surface area contributed by atoms with E-state index in [0.717, 1.165) is 0 Å². The molecule has 1 heterocycles. The number of furan rings is 1. The first-order valence-corrected chi connectivity index (χ1v) is 3.11. The van der Waals surface area contributed by atoms with Crippen LogP contribution in [-0.2, 0) is 0 Å². The van der Waals surface area contributed by atoms with E-state index in [-0.39, 0.29) is 6.54 Å². The quantitative estimate of drug-likeness (QED) is 0.489. The highest BCUT2D eigenvalue weighted by atomic mass is 16.6. The summed E-state index contributed by atoms with van der Waals surface area (Å²) in [6, 6.07) is 3.46. The Labute approximate surface area is 63.3 Å². The van der Waals surface area contributed by atoms with E-state index in [1.165, 1.54) is 12.3 Å². The third kappa shape index (κ3) is 2.66. The van der Waals surface area contributed by atoms with Crippen LogP contribution in [0.3, 0.4) is 0 Å². The molecule has 0 aliphatic carbocycles.